The molecule has 6 rings (SSSR count). The van der Waals surface area contributed by atoms with Gasteiger partial charge in [-0.2, -0.15) is 0 Å². The number of carbonyl (C=O) groups is 11. The zero-order valence-corrected chi connectivity index (χ0v) is 63.1. The number of likely N-dealkylation sites (tertiary alicyclic amines) is 1. The number of carboxylic acid groups (broad SMARTS) is 1. The number of aromatic nitrogens is 1. The van der Waals surface area contributed by atoms with Crippen LogP contribution < -0.4 is 47.4 Å². The van der Waals surface area contributed by atoms with Gasteiger partial charge in [-0.15, -0.1) is 11.3 Å². The number of carboxylic acids is 1. The van der Waals surface area contributed by atoms with Crippen LogP contribution in [-0.4, -0.2) is 195 Å². The molecule has 27 nitrogen and oxygen atoms in total. The molecule has 4 aromatic rings. The first-order valence-corrected chi connectivity index (χ1v) is 37.4. The molecule has 2 aliphatic rings. The van der Waals surface area contributed by atoms with Crippen molar-refractivity contribution >= 4 is 87.8 Å². The molecule has 1 fully saturated rings. The fourth-order valence-corrected chi connectivity index (χ4v) is 13.1. The highest BCUT2D eigenvalue weighted by atomic mass is 32.1. The zero-order valence-electron chi connectivity index (χ0n) is 62.3. The lowest BCUT2D eigenvalue weighted by atomic mass is 9.84. The van der Waals surface area contributed by atoms with E-state index in [0.29, 0.717) is 41.3 Å². The van der Waals surface area contributed by atoms with E-state index in [9.17, 15) is 53.1 Å². The third-order valence-electron chi connectivity index (χ3n) is 18.5. The number of carbonyl (C=O) groups excluding carboxylic acids is 10. The van der Waals surface area contributed by atoms with Gasteiger partial charge in [0.05, 0.1) is 76.3 Å². The second-order valence-electron chi connectivity index (χ2n) is 27.6. The summed E-state index contributed by atoms with van der Waals surface area (Å²) < 4.78 is 17.0. The topological polar surface area (TPSA) is 355 Å². The zero-order chi connectivity index (χ0) is 76.4. The average Bonchev–Trinajstić information content (AvgIpc) is 1.61. The predicted octanol–water partition coefficient (Wildman–Crippen LogP) is 6.18. The van der Waals surface area contributed by atoms with E-state index in [-0.39, 0.29) is 138 Å². The second-order valence-corrected chi connectivity index (χ2v) is 28.5. The van der Waals surface area contributed by atoms with Crippen molar-refractivity contribution in [2.45, 2.75) is 176 Å². The van der Waals surface area contributed by atoms with E-state index in [2.05, 4.69) is 66.2 Å². The Morgan fingerprint density at radius 2 is 1.34 bits per heavy atom. The van der Waals surface area contributed by atoms with Gasteiger partial charge in [0.1, 0.15) is 16.7 Å². The normalized spacial score (nSPS) is 14.8. The molecular formula is C77H108N12O15S. The largest absolute Gasteiger partial charge is 0.481 e. The Labute approximate surface area is 620 Å². The molecule has 3 heterocycles. The lowest BCUT2D eigenvalue weighted by molar-refractivity contribution is -0.150. The van der Waals surface area contributed by atoms with Gasteiger partial charge in [-0.05, 0) is 113 Å². The number of aliphatic carboxylic acids is 1. The summed E-state index contributed by atoms with van der Waals surface area (Å²) in [5.41, 5.74) is 3.26. The van der Waals surface area contributed by atoms with Gasteiger partial charge < -0.3 is 71.7 Å². The number of ether oxygens (including phenoxy) is 3. The number of likely N-dealkylation sites (N-methyl/N-ethyl adjacent to an activating group) is 1. The quantitative estimate of drug-likeness (QED) is 0.0136. The highest BCUT2D eigenvalue weighted by Gasteiger charge is 2.40. The number of unbranched alkanes of at least 4 members (excludes halogenated alkanes) is 3. The minimum atomic E-state index is -1.23. The molecule has 6 atom stereocenters. The summed E-state index contributed by atoms with van der Waals surface area (Å²) in [6.07, 6.45) is 6.25. The Morgan fingerprint density at radius 1 is 0.724 bits per heavy atom. The number of anilines is 2. The first-order valence-electron chi connectivity index (χ1n) is 36.6. The van der Waals surface area contributed by atoms with Gasteiger partial charge in [0.15, 0.2) is 6.10 Å². The van der Waals surface area contributed by atoms with Gasteiger partial charge in [-0.3, -0.25) is 57.6 Å². The number of thiazole rings is 1. The van der Waals surface area contributed by atoms with Crippen LogP contribution in [-0.2, 0) is 75.1 Å². The van der Waals surface area contributed by atoms with Crippen molar-refractivity contribution in [3.63, 3.8) is 0 Å². The Bertz CT molecular complexity index is 3630. The molecule has 0 unspecified atom stereocenters. The summed E-state index contributed by atoms with van der Waals surface area (Å²) in [6, 6.07) is 19.8. The van der Waals surface area contributed by atoms with Crippen LogP contribution in [0.1, 0.15) is 176 Å². The van der Waals surface area contributed by atoms with Crippen molar-refractivity contribution in [2.24, 2.45) is 17.3 Å². The molecule has 1 aromatic heterocycles. The Hall–Kier alpha value is -9.30. The number of nitrogens with one attached hydrogen (secondary N) is 8. The van der Waals surface area contributed by atoms with Crippen LogP contribution in [0, 0.1) is 29.1 Å². The lowest BCUT2D eigenvalue weighted by Gasteiger charge is -2.40. The van der Waals surface area contributed by atoms with Gasteiger partial charge >= 0.3 is 11.9 Å². The number of hydrogen-bond acceptors (Lipinski definition) is 18. The van der Waals surface area contributed by atoms with Gasteiger partial charge in [-0.1, -0.05) is 121 Å². The number of rotatable bonds is 44. The van der Waals surface area contributed by atoms with Crippen LogP contribution in [0.4, 0.5) is 11.4 Å². The number of fused-ring (bicyclic) bond motifs is 2. The molecule has 0 saturated carbocycles. The van der Waals surface area contributed by atoms with Crippen molar-refractivity contribution < 1.29 is 72.1 Å². The maximum atomic E-state index is 15.1. The number of amides is 9. The Balaban J connectivity index is 0.867. The van der Waals surface area contributed by atoms with E-state index in [1.54, 1.807) is 36.3 Å². The van der Waals surface area contributed by atoms with E-state index >= 15 is 4.79 Å². The predicted molar refractivity (Wildman–Crippen MR) is 399 cm³/mol. The van der Waals surface area contributed by atoms with Gasteiger partial charge in [0.2, 0.25) is 47.3 Å². The van der Waals surface area contributed by atoms with E-state index in [4.69, 9.17) is 19.2 Å². The lowest BCUT2D eigenvalue weighted by Crippen LogP contribution is -2.59. The summed E-state index contributed by atoms with van der Waals surface area (Å²) in [6.45, 7) is 16.0. The minimum absolute atomic E-state index is 0.0455. The average molecular weight is 1470 g/mol. The second kappa shape index (κ2) is 43.8. The molecule has 0 radical (unpaired) electrons. The van der Waals surface area contributed by atoms with Crippen molar-refractivity contribution in [2.75, 3.05) is 96.0 Å². The van der Waals surface area contributed by atoms with E-state index in [1.807, 2.05) is 100 Å². The van der Waals surface area contributed by atoms with Gasteiger partial charge in [0, 0.05) is 80.1 Å². The Kier molecular flexibility index (Phi) is 35.3. The molecule has 2 aliphatic heterocycles. The number of hydrogen-bond donors (Lipinski definition) is 9. The van der Waals surface area contributed by atoms with Gasteiger partial charge in [-0.25, -0.2) is 4.98 Å². The molecule has 3 aromatic carbocycles. The summed E-state index contributed by atoms with van der Waals surface area (Å²) in [4.78, 5) is 154. The van der Waals surface area contributed by atoms with E-state index in [0.717, 1.165) is 73.1 Å². The molecule has 0 bridgehead atoms. The fourth-order valence-electron chi connectivity index (χ4n) is 12.2. The van der Waals surface area contributed by atoms with Crippen molar-refractivity contribution in [3.8, 4) is 11.8 Å². The molecule has 572 valence electrons. The number of nitrogens with zero attached hydrogens (tertiary/aromatic N) is 4. The first-order chi connectivity index (χ1) is 50.3. The van der Waals surface area contributed by atoms with Crippen LogP contribution in [0.25, 0.3) is 0 Å². The highest BCUT2D eigenvalue weighted by Crippen LogP contribution is 2.33. The first kappa shape index (κ1) is 84.6. The van der Waals surface area contributed by atoms with E-state index < -0.39 is 84.2 Å². The standard InChI is InChI=1S/C77H108N12O15S/c1-10-12-13-19-37-88(75(99)71(52(5)11-2)86-73(98)62-25-18-20-36-87(62)9)63(51(3)4)43-64(104-53(6)90)74-85-60(50-105-74)72(97)84-59(44-77(7,8)76(100)101)42-54-26-30-58(31-27-54)80-45-66(92)78-34-38-102-40-41-103-39-35-79-67(93)46-82-69(95)48-83-68(94)47-81-65(91)32-33-70(96)89-49-57-23-15-14-21-55(57)28-29-56-22-16-17-24-61(56)89/h14-17,21-24,26-27,30-31,50-52,59,62-64,71,80H,10-13,18-20,25,32-49H2,1-9H3,(H,78,92)(H,79,93)(H,81,91)(H,82,95)(H,83,94)(H,84,97)(H,86,98)(H,100,101)/t52-,59-,62+,63+,64+,71-/m0/s1. The van der Waals surface area contributed by atoms with Crippen LogP contribution in [0.15, 0.2) is 78.2 Å². The third-order valence-corrected chi connectivity index (χ3v) is 19.4. The van der Waals surface area contributed by atoms with E-state index in [1.165, 1.54) is 6.92 Å². The highest BCUT2D eigenvalue weighted by molar-refractivity contribution is 7.09. The summed E-state index contributed by atoms with van der Waals surface area (Å²) in [7, 11) is 1.94. The molecule has 0 aliphatic carbocycles. The fraction of sp³-hybridized carbons (Fsp3) is 0.558. The maximum absolute atomic E-state index is 15.1. The maximum Gasteiger partial charge on any atom is 0.309 e. The number of benzene rings is 3. The van der Waals surface area contributed by atoms with Crippen LogP contribution in [0.3, 0.4) is 0 Å². The summed E-state index contributed by atoms with van der Waals surface area (Å²) in [5.74, 6) is 0.670. The van der Waals surface area contributed by atoms with Gasteiger partial charge in [0.25, 0.3) is 5.91 Å². The number of para-hydroxylation sites is 1. The number of esters is 1. The van der Waals surface area contributed by atoms with Crippen LogP contribution in [0.5, 0.6) is 0 Å². The molecule has 9 N–H and O–H groups in total. The Morgan fingerprint density at radius 3 is 1.97 bits per heavy atom. The molecule has 0 spiro atoms. The van der Waals surface area contributed by atoms with Crippen LogP contribution >= 0.6 is 11.3 Å². The monoisotopic (exact) mass is 1470 g/mol. The van der Waals surface area contributed by atoms with Crippen molar-refractivity contribution in [1.29, 1.82) is 0 Å². The molecule has 9 amide bonds. The van der Waals surface area contributed by atoms with Crippen molar-refractivity contribution in [3.05, 3.63) is 111 Å². The third kappa shape index (κ3) is 28.6. The minimum Gasteiger partial charge on any atom is -0.481 e. The smallest absolute Gasteiger partial charge is 0.309 e. The van der Waals surface area contributed by atoms with Crippen molar-refractivity contribution in [1.82, 2.24) is 52.0 Å². The molecular weight excluding hydrogens is 1360 g/mol. The molecule has 28 heteroatoms. The summed E-state index contributed by atoms with van der Waals surface area (Å²) in [5, 5.41) is 34.0. The number of piperidine rings is 1. The summed E-state index contributed by atoms with van der Waals surface area (Å²) >= 11 is 1.15. The molecule has 105 heavy (non-hydrogen) atoms. The SMILES string of the molecule is CCCCCCN(C(=O)[C@@H](NC(=O)[C@H]1CCCCN1C)[C@@H](C)CC)[C@H](C[C@@H](OC(C)=O)c1nc(C(=O)N[C@@H](Cc2ccc(NCC(=O)NCCOCCOCCNC(=O)CNC(=O)CNC(=O)CNC(=O)CCC(=O)N3Cc4ccccc4C#Cc4ccccc43)cc2)CC(C)(C)C(=O)O)cs1)C(C)C. The molecule has 1 saturated heterocycles. The van der Waals surface area contributed by atoms with Crippen LogP contribution in [0.2, 0.25) is 0 Å².